The quantitative estimate of drug-likeness (QED) is 0.448. The minimum atomic E-state index is -0.839. The molecule has 84 valence electrons. The molecule has 0 atom stereocenters. The first-order chi connectivity index (χ1) is 6.74. The highest BCUT2D eigenvalue weighted by atomic mass is 16.9. The predicted octanol–water partition coefficient (Wildman–Crippen LogP) is 2.08. The van der Waals surface area contributed by atoms with Crippen LogP contribution in [0.5, 0.6) is 0 Å². The van der Waals surface area contributed by atoms with Crippen LogP contribution < -0.4 is 0 Å². The lowest BCUT2D eigenvalue weighted by atomic mass is 10.3. The second-order valence-electron chi connectivity index (χ2n) is 2.79. The zero-order valence-corrected chi connectivity index (χ0v) is 9.25. The molecule has 0 saturated carbocycles. The van der Waals surface area contributed by atoms with Gasteiger partial charge >= 0.3 is 12.4 Å². The van der Waals surface area contributed by atoms with Gasteiger partial charge in [0, 0.05) is 6.42 Å². The molecule has 0 heterocycles. The smallest absolute Gasteiger partial charge is 0.318 e. The maximum Gasteiger partial charge on any atom is 0.318 e. The van der Waals surface area contributed by atoms with Crippen molar-refractivity contribution in [3.8, 4) is 0 Å². The number of hydrogen-bond acceptors (Lipinski definition) is 4. The van der Waals surface area contributed by atoms with Gasteiger partial charge in [-0.3, -0.25) is 4.79 Å². The Balaban J connectivity index is 3.71. The van der Waals surface area contributed by atoms with Crippen molar-refractivity contribution < 1.29 is 19.0 Å². The van der Waals surface area contributed by atoms with Gasteiger partial charge in [0.15, 0.2) is 0 Å². The number of esters is 1. The maximum absolute atomic E-state index is 11.2. The Morgan fingerprint density at radius 2 is 1.71 bits per heavy atom. The SMILES string of the molecule is CCCCC(=O)OC(OCC)OCC. The molecule has 0 bridgehead atoms. The van der Waals surface area contributed by atoms with Crippen LogP contribution in [-0.2, 0) is 19.0 Å². The summed E-state index contributed by atoms with van der Waals surface area (Å²) in [5.41, 5.74) is 0. The Hall–Kier alpha value is -0.610. The number of ether oxygens (including phenoxy) is 3. The summed E-state index contributed by atoms with van der Waals surface area (Å²) in [6, 6.07) is 0. The van der Waals surface area contributed by atoms with E-state index in [4.69, 9.17) is 14.2 Å². The summed E-state index contributed by atoms with van der Waals surface area (Å²) in [5, 5.41) is 0. The highest BCUT2D eigenvalue weighted by Crippen LogP contribution is 2.03. The van der Waals surface area contributed by atoms with Gasteiger partial charge in [-0.25, -0.2) is 0 Å². The monoisotopic (exact) mass is 204 g/mol. The Labute approximate surface area is 85.5 Å². The van der Waals surface area contributed by atoms with Crippen LogP contribution in [0.2, 0.25) is 0 Å². The van der Waals surface area contributed by atoms with Gasteiger partial charge < -0.3 is 14.2 Å². The lowest BCUT2D eigenvalue weighted by Crippen LogP contribution is -2.24. The average Bonchev–Trinajstić information content (AvgIpc) is 2.15. The molecule has 0 radical (unpaired) electrons. The number of carbonyl (C=O) groups is 1. The molecule has 0 saturated heterocycles. The molecule has 0 rings (SSSR count). The molecule has 0 aliphatic carbocycles. The van der Waals surface area contributed by atoms with Crippen LogP contribution >= 0.6 is 0 Å². The molecule has 0 aromatic rings. The van der Waals surface area contributed by atoms with Crippen molar-refractivity contribution in [2.45, 2.75) is 46.5 Å². The fourth-order valence-electron chi connectivity index (χ4n) is 0.876. The first kappa shape index (κ1) is 13.4. The molecular formula is C10H20O4. The molecule has 0 aliphatic rings. The van der Waals surface area contributed by atoms with E-state index in [-0.39, 0.29) is 5.97 Å². The topological polar surface area (TPSA) is 44.8 Å². The molecule has 0 aliphatic heterocycles. The standard InChI is InChI=1S/C10H20O4/c1-4-7-8-9(11)14-10(12-5-2)13-6-3/h10H,4-8H2,1-3H3. The summed E-state index contributed by atoms with van der Waals surface area (Å²) < 4.78 is 15.1. The van der Waals surface area contributed by atoms with Crippen molar-refractivity contribution in [1.29, 1.82) is 0 Å². The summed E-state index contributed by atoms with van der Waals surface area (Å²) in [6.07, 6.45) is 2.24. The molecule has 0 unspecified atom stereocenters. The zero-order chi connectivity index (χ0) is 10.8. The summed E-state index contributed by atoms with van der Waals surface area (Å²) in [7, 11) is 0. The molecule has 0 spiro atoms. The molecule has 0 N–H and O–H groups in total. The minimum absolute atomic E-state index is 0.265. The molecular weight excluding hydrogens is 184 g/mol. The third kappa shape index (κ3) is 6.86. The van der Waals surface area contributed by atoms with Crippen LogP contribution in [0, 0.1) is 0 Å². The number of rotatable bonds is 8. The predicted molar refractivity (Wildman–Crippen MR) is 52.7 cm³/mol. The summed E-state index contributed by atoms with van der Waals surface area (Å²) in [6.45, 7) is 5.76. The molecule has 0 aromatic carbocycles. The van der Waals surface area contributed by atoms with Gasteiger partial charge in [-0.1, -0.05) is 13.3 Å². The van der Waals surface area contributed by atoms with Gasteiger partial charge in [-0.15, -0.1) is 0 Å². The molecule has 0 amide bonds. The molecule has 0 fully saturated rings. The largest absolute Gasteiger partial charge is 0.410 e. The summed E-state index contributed by atoms with van der Waals surface area (Å²) in [5.74, 6) is -0.265. The molecule has 4 heteroatoms. The number of hydrogen-bond donors (Lipinski definition) is 0. The average molecular weight is 204 g/mol. The highest BCUT2D eigenvalue weighted by Gasteiger charge is 2.13. The Morgan fingerprint density at radius 1 is 1.14 bits per heavy atom. The maximum atomic E-state index is 11.2. The van der Waals surface area contributed by atoms with Crippen LogP contribution in [0.25, 0.3) is 0 Å². The van der Waals surface area contributed by atoms with Gasteiger partial charge in [0.25, 0.3) is 0 Å². The number of unbranched alkanes of at least 4 members (excludes halogenated alkanes) is 1. The van der Waals surface area contributed by atoms with Crippen LogP contribution in [0.3, 0.4) is 0 Å². The van der Waals surface area contributed by atoms with E-state index in [2.05, 4.69) is 0 Å². The molecule has 14 heavy (non-hydrogen) atoms. The first-order valence-corrected chi connectivity index (χ1v) is 5.17. The normalized spacial score (nSPS) is 10.6. The minimum Gasteiger partial charge on any atom is -0.410 e. The van der Waals surface area contributed by atoms with Gasteiger partial charge in [-0.05, 0) is 20.3 Å². The second kappa shape index (κ2) is 8.97. The Morgan fingerprint density at radius 3 is 2.14 bits per heavy atom. The lowest BCUT2D eigenvalue weighted by molar-refractivity contribution is -0.272. The van der Waals surface area contributed by atoms with Crippen molar-refractivity contribution in [2.75, 3.05) is 13.2 Å². The molecule has 0 aromatic heterocycles. The van der Waals surface area contributed by atoms with E-state index in [9.17, 15) is 4.79 Å². The van der Waals surface area contributed by atoms with Crippen LogP contribution in [-0.4, -0.2) is 25.7 Å². The first-order valence-electron chi connectivity index (χ1n) is 5.17. The van der Waals surface area contributed by atoms with Crippen molar-refractivity contribution in [3.63, 3.8) is 0 Å². The zero-order valence-electron chi connectivity index (χ0n) is 9.25. The van der Waals surface area contributed by atoms with Gasteiger partial charge in [0.1, 0.15) is 0 Å². The highest BCUT2D eigenvalue weighted by molar-refractivity contribution is 5.69. The lowest BCUT2D eigenvalue weighted by Gasteiger charge is -2.16. The fraction of sp³-hybridized carbons (Fsp3) is 0.900. The van der Waals surface area contributed by atoms with E-state index in [1.807, 2.05) is 20.8 Å². The van der Waals surface area contributed by atoms with Crippen molar-refractivity contribution in [2.24, 2.45) is 0 Å². The Kier molecular flexibility index (Phi) is 8.57. The van der Waals surface area contributed by atoms with E-state index in [1.54, 1.807) is 0 Å². The third-order valence-corrected chi connectivity index (χ3v) is 1.57. The van der Waals surface area contributed by atoms with E-state index in [0.717, 1.165) is 12.8 Å². The van der Waals surface area contributed by atoms with Crippen LogP contribution in [0.4, 0.5) is 0 Å². The van der Waals surface area contributed by atoms with E-state index in [0.29, 0.717) is 19.6 Å². The van der Waals surface area contributed by atoms with Gasteiger partial charge in [0.2, 0.25) is 0 Å². The van der Waals surface area contributed by atoms with E-state index in [1.165, 1.54) is 0 Å². The second-order valence-corrected chi connectivity index (χ2v) is 2.79. The fourth-order valence-corrected chi connectivity index (χ4v) is 0.876. The van der Waals surface area contributed by atoms with Gasteiger partial charge in [-0.2, -0.15) is 0 Å². The van der Waals surface area contributed by atoms with Gasteiger partial charge in [0.05, 0.1) is 13.2 Å². The third-order valence-electron chi connectivity index (χ3n) is 1.57. The van der Waals surface area contributed by atoms with Crippen molar-refractivity contribution >= 4 is 5.97 Å². The van der Waals surface area contributed by atoms with Crippen molar-refractivity contribution in [1.82, 2.24) is 0 Å². The van der Waals surface area contributed by atoms with Crippen LogP contribution in [0.1, 0.15) is 40.0 Å². The Bertz CT molecular complexity index is 141. The number of carbonyl (C=O) groups excluding carboxylic acids is 1. The van der Waals surface area contributed by atoms with E-state index >= 15 is 0 Å². The molecule has 4 nitrogen and oxygen atoms in total. The summed E-state index contributed by atoms with van der Waals surface area (Å²) >= 11 is 0. The van der Waals surface area contributed by atoms with Crippen LogP contribution in [0.15, 0.2) is 0 Å². The van der Waals surface area contributed by atoms with Crippen molar-refractivity contribution in [3.05, 3.63) is 0 Å². The summed E-state index contributed by atoms with van der Waals surface area (Å²) in [4.78, 5) is 11.2. The van der Waals surface area contributed by atoms with E-state index < -0.39 is 6.48 Å².